The summed E-state index contributed by atoms with van der Waals surface area (Å²) >= 11 is 0. The Morgan fingerprint density at radius 1 is 1.11 bits per heavy atom. The van der Waals surface area contributed by atoms with Gasteiger partial charge in [-0.15, -0.1) is 0 Å². The first-order valence-corrected chi connectivity index (χ1v) is 9.72. The van der Waals surface area contributed by atoms with E-state index in [1.807, 2.05) is 24.5 Å². The van der Waals surface area contributed by atoms with Gasteiger partial charge < -0.3 is 4.52 Å². The predicted octanol–water partition coefficient (Wildman–Crippen LogP) is 4.05. The van der Waals surface area contributed by atoms with E-state index in [9.17, 15) is 0 Å². The maximum Gasteiger partial charge on any atom is 0.244 e. The number of hydrogen-bond donors (Lipinski definition) is 0. The van der Waals surface area contributed by atoms with Crippen molar-refractivity contribution in [1.29, 1.82) is 0 Å². The smallest absolute Gasteiger partial charge is 0.244 e. The molecule has 1 saturated carbocycles. The molecular formula is C21H23N5O. The van der Waals surface area contributed by atoms with Crippen LogP contribution in [0.1, 0.15) is 60.5 Å². The van der Waals surface area contributed by atoms with Crippen LogP contribution in [0.25, 0.3) is 11.4 Å². The van der Waals surface area contributed by atoms with E-state index in [4.69, 9.17) is 4.52 Å². The van der Waals surface area contributed by atoms with E-state index in [-0.39, 0.29) is 6.04 Å². The number of aryl methyl sites for hydroxylation is 1. The van der Waals surface area contributed by atoms with Crippen molar-refractivity contribution >= 4 is 0 Å². The largest absolute Gasteiger partial charge is 0.338 e. The summed E-state index contributed by atoms with van der Waals surface area (Å²) in [5.74, 6) is 2.97. The highest BCUT2D eigenvalue weighted by atomic mass is 16.5. The Labute approximate surface area is 158 Å². The van der Waals surface area contributed by atoms with Crippen LogP contribution in [-0.4, -0.2) is 31.6 Å². The Balaban J connectivity index is 1.31. The van der Waals surface area contributed by atoms with E-state index >= 15 is 0 Å². The number of hydrogen-bond acceptors (Lipinski definition) is 6. The fourth-order valence-corrected chi connectivity index (χ4v) is 3.82. The second kappa shape index (κ2) is 6.85. The number of nitrogens with zero attached hydrogens (tertiary/aromatic N) is 5. The lowest BCUT2D eigenvalue weighted by Gasteiger charge is -2.21. The third-order valence-electron chi connectivity index (χ3n) is 5.53. The molecule has 138 valence electrons. The van der Waals surface area contributed by atoms with Crippen molar-refractivity contribution in [3.63, 3.8) is 0 Å². The van der Waals surface area contributed by atoms with Crippen LogP contribution in [0.2, 0.25) is 0 Å². The fraction of sp³-hybridized carbons (Fsp3) is 0.429. The van der Waals surface area contributed by atoms with E-state index in [0.717, 1.165) is 54.6 Å². The molecule has 0 unspecified atom stereocenters. The van der Waals surface area contributed by atoms with Gasteiger partial charge in [0.25, 0.3) is 0 Å². The molecule has 0 spiro atoms. The molecule has 0 bridgehead atoms. The van der Waals surface area contributed by atoms with Crippen LogP contribution in [0.15, 0.2) is 41.2 Å². The molecule has 5 rings (SSSR count). The van der Waals surface area contributed by atoms with Gasteiger partial charge >= 0.3 is 0 Å². The van der Waals surface area contributed by atoms with E-state index < -0.39 is 0 Å². The highest BCUT2D eigenvalue weighted by Crippen LogP contribution is 2.40. The Hall–Kier alpha value is -2.60. The van der Waals surface area contributed by atoms with E-state index in [1.165, 1.54) is 18.4 Å². The van der Waals surface area contributed by atoms with Crippen molar-refractivity contribution < 1.29 is 4.52 Å². The lowest BCUT2D eigenvalue weighted by molar-refractivity contribution is 0.200. The topological polar surface area (TPSA) is 67.9 Å². The zero-order chi connectivity index (χ0) is 18.2. The predicted molar refractivity (Wildman–Crippen MR) is 101 cm³/mol. The van der Waals surface area contributed by atoms with Crippen molar-refractivity contribution in [2.45, 2.75) is 51.1 Å². The van der Waals surface area contributed by atoms with Crippen LogP contribution in [0.4, 0.5) is 0 Å². The molecule has 2 aliphatic rings. The van der Waals surface area contributed by atoms with Gasteiger partial charge in [-0.05, 0) is 44.7 Å². The van der Waals surface area contributed by atoms with Crippen LogP contribution >= 0.6 is 0 Å². The number of aromatic nitrogens is 4. The van der Waals surface area contributed by atoms with Crippen molar-refractivity contribution in [2.75, 3.05) is 6.54 Å². The van der Waals surface area contributed by atoms with Gasteiger partial charge in [0, 0.05) is 36.0 Å². The highest BCUT2D eigenvalue weighted by Gasteiger charge is 2.34. The van der Waals surface area contributed by atoms with Gasteiger partial charge in [0.05, 0.1) is 6.04 Å². The lowest BCUT2D eigenvalue weighted by atomic mass is 10.1. The molecule has 0 N–H and O–H groups in total. The third kappa shape index (κ3) is 3.37. The van der Waals surface area contributed by atoms with E-state index in [1.54, 1.807) is 0 Å². The molecule has 27 heavy (non-hydrogen) atoms. The molecule has 6 nitrogen and oxygen atoms in total. The Kier molecular flexibility index (Phi) is 4.20. The van der Waals surface area contributed by atoms with Crippen LogP contribution in [0.5, 0.6) is 0 Å². The van der Waals surface area contributed by atoms with Gasteiger partial charge in [0.1, 0.15) is 0 Å². The molecular weight excluding hydrogens is 338 g/mol. The van der Waals surface area contributed by atoms with Gasteiger partial charge in [0.2, 0.25) is 5.89 Å². The number of likely N-dealkylation sites (tertiary alicyclic amines) is 1. The molecule has 1 saturated heterocycles. The first-order valence-electron chi connectivity index (χ1n) is 9.72. The fourth-order valence-electron chi connectivity index (χ4n) is 3.82. The molecule has 1 aliphatic carbocycles. The lowest BCUT2D eigenvalue weighted by Crippen LogP contribution is -2.23. The molecule has 6 heteroatoms. The average Bonchev–Trinajstić information content (AvgIpc) is 3.24. The second-order valence-electron chi connectivity index (χ2n) is 7.62. The summed E-state index contributed by atoms with van der Waals surface area (Å²) in [6.45, 7) is 3.92. The van der Waals surface area contributed by atoms with Gasteiger partial charge in [-0.25, -0.2) is 9.97 Å². The minimum absolute atomic E-state index is 0.209. The molecule has 3 aromatic rings. The zero-order valence-electron chi connectivity index (χ0n) is 15.5. The van der Waals surface area contributed by atoms with Crippen molar-refractivity contribution in [1.82, 2.24) is 25.0 Å². The first kappa shape index (κ1) is 16.6. The molecule has 2 fully saturated rings. The normalized spacial score (nSPS) is 20.3. The molecule has 1 aromatic carbocycles. The number of benzene rings is 1. The van der Waals surface area contributed by atoms with Crippen LogP contribution in [0, 0.1) is 6.92 Å². The molecule has 1 atom stereocenters. The van der Waals surface area contributed by atoms with Crippen LogP contribution < -0.4 is 0 Å². The molecule has 3 heterocycles. The zero-order valence-corrected chi connectivity index (χ0v) is 15.5. The Morgan fingerprint density at radius 2 is 1.93 bits per heavy atom. The van der Waals surface area contributed by atoms with Crippen molar-refractivity contribution in [3.05, 3.63) is 59.5 Å². The summed E-state index contributed by atoms with van der Waals surface area (Å²) in [5.41, 5.74) is 3.38. The van der Waals surface area contributed by atoms with E-state index in [0.29, 0.717) is 5.92 Å². The van der Waals surface area contributed by atoms with E-state index in [2.05, 4.69) is 44.1 Å². The monoisotopic (exact) mass is 361 g/mol. The van der Waals surface area contributed by atoms with Crippen LogP contribution in [-0.2, 0) is 6.54 Å². The first-order chi connectivity index (χ1) is 13.3. The van der Waals surface area contributed by atoms with Gasteiger partial charge in [-0.3, -0.25) is 4.90 Å². The van der Waals surface area contributed by atoms with Gasteiger partial charge in [0.15, 0.2) is 11.6 Å². The summed E-state index contributed by atoms with van der Waals surface area (Å²) in [7, 11) is 0. The maximum absolute atomic E-state index is 5.57. The number of rotatable bonds is 5. The van der Waals surface area contributed by atoms with Crippen molar-refractivity contribution in [3.8, 4) is 11.4 Å². The summed E-state index contributed by atoms with van der Waals surface area (Å²) in [4.78, 5) is 16.3. The molecule has 0 radical (unpaired) electrons. The summed E-state index contributed by atoms with van der Waals surface area (Å²) < 4.78 is 5.57. The average molecular weight is 361 g/mol. The third-order valence-corrected chi connectivity index (χ3v) is 5.53. The Bertz CT molecular complexity index is 932. The standard InChI is InChI=1S/C21H23N5O/c1-14-5-2-3-6-17(14)20-22-11-15(12-23-20)13-26-10-4-7-18(26)21-24-19(25-27-21)16-8-9-16/h2-3,5-6,11-12,16,18H,4,7-10,13H2,1H3/t18-/m0/s1. The maximum atomic E-state index is 5.57. The minimum Gasteiger partial charge on any atom is -0.338 e. The molecule has 0 amide bonds. The summed E-state index contributed by atoms with van der Waals surface area (Å²) in [6.07, 6.45) is 8.47. The molecule has 2 aromatic heterocycles. The highest BCUT2D eigenvalue weighted by molar-refractivity contribution is 5.59. The second-order valence-corrected chi connectivity index (χ2v) is 7.62. The minimum atomic E-state index is 0.209. The summed E-state index contributed by atoms with van der Waals surface area (Å²) in [5, 5.41) is 4.18. The SMILES string of the molecule is Cc1ccccc1-c1ncc(CN2CCC[C@H]2c2nc(C3CC3)no2)cn1. The quantitative estimate of drug-likeness (QED) is 0.683. The summed E-state index contributed by atoms with van der Waals surface area (Å²) in [6, 6.07) is 8.41. The van der Waals surface area contributed by atoms with Crippen molar-refractivity contribution in [2.24, 2.45) is 0 Å². The Morgan fingerprint density at radius 3 is 2.70 bits per heavy atom. The van der Waals surface area contributed by atoms with Gasteiger partial charge in [-0.1, -0.05) is 29.4 Å². The molecule has 1 aliphatic heterocycles. The van der Waals surface area contributed by atoms with Gasteiger partial charge in [-0.2, -0.15) is 4.98 Å². The van der Waals surface area contributed by atoms with Crippen LogP contribution in [0.3, 0.4) is 0 Å².